The van der Waals surface area contributed by atoms with Crippen LogP contribution in [0.25, 0.3) is 0 Å². The van der Waals surface area contributed by atoms with Gasteiger partial charge in [-0.25, -0.2) is 8.42 Å². The predicted octanol–water partition coefficient (Wildman–Crippen LogP) is 3.35. The summed E-state index contributed by atoms with van der Waals surface area (Å²) in [7, 11) is -2.36. The quantitative estimate of drug-likeness (QED) is 0.871. The molecule has 21 heavy (non-hydrogen) atoms. The van der Waals surface area contributed by atoms with E-state index in [0.717, 1.165) is 9.87 Å². The van der Waals surface area contributed by atoms with Crippen LogP contribution < -0.4 is 4.31 Å². The van der Waals surface area contributed by atoms with E-state index in [2.05, 4.69) is 0 Å². The lowest BCUT2D eigenvalue weighted by molar-refractivity contribution is 0.594. The summed E-state index contributed by atoms with van der Waals surface area (Å²) in [4.78, 5) is -0.0775. The number of hydrogen-bond donors (Lipinski definition) is 0. The first-order chi connectivity index (χ1) is 9.86. The van der Waals surface area contributed by atoms with Crippen molar-refractivity contribution in [2.45, 2.75) is 11.8 Å². The van der Waals surface area contributed by atoms with Gasteiger partial charge in [0.25, 0.3) is 10.0 Å². The summed E-state index contributed by atoms with van der Waals surface area (Å²) in [5.41, 5.74) is 1.81. The third-order valence-electron chi connectivity index (χ3n) is 3.10. The molecule has 4 nitrogen and oxygen atoms in total. The van der Waals surface area contributed by atoms with E-state index >= 15 is 0 Å². The zero-order valence-corrected chi connectivity index (χ0v) is 13.1. The molecule has 0 atom stereocenters. The molecule has 0 N–H and O–H groups in total. The molecular formula is C15H13ClN2O2S. The third-order valence-corrected chi connectivity index (χ3v) is 5.36. The van der Waals surface area contributed by atoms with Crippen LogP contribution in [-0.4, -0.2) is 15.5 Å². The lowest BCUT2D eigenvalue weighted by atomic mass is 10.2. The first-order valence-electron chi connectivity index (χ1n) is 6.11. The van der Waals surface area contributed by atoms with Gasteiger partial charge in [0.1, 0.15) is 4.90 Å². The molecule has 0 heterocycles. The van der Waals surface area contributed by atoms with E-state index < -0.39 is 10.0 Å². The largest absolute Gasteiger partial charge is 0.269 e. The maximum Gasteiger partial charge on any atom is 0.265 e. The molecule has 0 fully saturated rings. The van der Waals surface area contributed by atoms with Crippen molar-refractivity contribution in [3.8, 4) is 6.07 Å². The summed E-state index contributed by atoms with van der Waals surface area (Å²) in [6.07, 6.45) is 0. The minimum absolute atomic E-state index is 0.0775. The van der Waals surface area contributed by atoms with E-state index in [1.54, 1.807) is 12.1 Å². The van der Waals surface area contributed by atoms with Crippen LogP contribution >= 0.6 is 11.6 Å². The lowest BCUT2D eigenvalue weighted by Gasteiger charge is -2.20. The van der Waals surface area contributed by atoms with E-state index in [4.69, 9.17) is 16.9 Å². The summed E-state index contributed by atoms with van der Waals surface area (Å²) in [6.45, 7) is 1.92. The van der Waals surface area contributed by atoms with Gasteiger partial charge < -0.3 is 0 Å². The van der Waals surface area contributed by atoms with E-state index in [0.29, 0.717) is 5.69 Å². The van der Waals surface area contributed by atoms with Crippen LogP contribution in [0.4, 0.5) is 5.69 Å². The summed E-state index contributed by atoms with van der Waals surface area (Å²) in [5, 5.41) is 8.99. The highest BCUT2D eigenvalue weighted by Crippen LogP contribution is 2.28. The molecule has 0 unspecified atom stereocenters. The number of benzene rings is 2. The number of nitrogens with zero attached hydrogens (tertiary/aromatic N) is 2. The Morgan fingerprint density at radius 3 is 2.33 bits per heavy atom. The zero-order valence-electron chi connectivity index (χ0n) is 11.5. The predicted molar refractivity (Wildman–Crippen MR) is 82.9 cm³/mol. The Kier molecular flexibility index (Phi) is 4.21. The highest BCUT2D eigenvalue weighted by molar-refractivity contribution is 7.93. The van der Waals surface area contributed by atoms with Gasteiger partial charge >= 0.3 is 0 Å². The smallest absolute Gasteiger partial charge is 0.265 e. The standard InChI is InChI=1S/C15H13ClN2O2S/c1-11-3-6-13(7-4-11)18(2)21(19,20)15-9-12(10-17)5-8-14(15)16/h3-9H,1-2H3. The molecule has 2 aromatic carbocycles. The molecular weight excluding hydrogens is 308 g/mol. The highest BCUT2D eigenvalue weighted by Gasteiger charge is 2.24. The normalized spacial score (nSPS) is 11.0. The molecule has 0 saturated carbocycles. The minimum atomic E-state index is -3.82. The van der Waals surface area contributed by atoms with Gasteiger partial charge in [-0.2, -0.15) is 5.26 Å². The second kappa shape index (κ2) is 5.76. The fraction of sp³-hybridized carbons (Fsp3) is 0.133. The SMILES string of the molecule is Cc1ccc(N(C)S(=O)(=O)c2cc(C#N)ccc2Cl)cc1. The van der Waals surface area contributed by atoms with Crippen LogP contribution in [-0.2, 0) is 10.0 Å². The van der Waals surface area contributed by atoms with E-state index in [-0.39, 0.29) is 15.5 Å². The third kappa shape index (κ3) is 3.02. The molecule has 0 saturated heterocycles. The molecule has 0 radical (unpaired) electrons. The molecule has 0 aromatic heterocycles. The fourth-order valence-electron chi connectivity index (χ4n) is 1.81. The summed E-state index contributed by atoms with van der Waals surface area (Å²) >= 11 is 5.98. The van der Waals surface area contributed by atoms with Crippen molar-refractivity contribution in [2.75, 3.05) is 11.4 Å². The van der Waals surface area contributed by atoms with E-state index in [1.807, 2.05) is 25.1 Å². The van der Waals surface area contributed by atoms with Crippen molar-refractivity contribution in [1.82, 2.24) is 0 Å². The molecule has 108 valence electrons. The Morgan fingerprint density at radius 1 is 1.14 bits per heavy atom. The van der Waals surface area contributed by atoms with Crippen LogP contribution in [0, 0.1) is 18.3 Å². The molecule has 6 heteroatoms. The van der Waals surface area contributed by atoms with Gasteiger partial charge in [0.15, 0.2) is 0 Å². The van der Waals surface area contributed by atoms with Crippen molar-refractivity contribution in [1.29, 1.82) is 5.26 Å². The lowest BCUT2D eigenvalue weighted by Crippen LogP contribution is -2.26. The van der Waals surface area contributed by atoms with Gasteiger partial charge in [0.05, 0.1) is 22.3 Å². The van der Waals surface area contributed by atoms with E-state index in [9.17, 15) is 8.42 Å². The second-order valence-electron chi connectivity index (χ2n) is 4.57. The van der Waals surface area contributed by atoms with Gasteiger partial charge in [-0.1, -0.05) is 29.3 Å². The topological polar surface area (TPSA) is 61.2 Å². The molecule has 0 aliphatic rings. The summed E-state index contributed by atoms with van der Waals surface area (Å²) in [6, 6.07) is 13.2. The van der Waals surface area contributed by atoms with Gasteiger partial charge in [-0.3, -0.25) is 4.31 Å². The molecule has 0 aliphatic carbocycles. The Morgan fingerprint density at radius 2 is 1.76 bits per heavy atom. The monoisotopic (exact) mass is 320 g/mol. The van der Waals surface area contributed by atoms with Crippen molar-refractivity contribution in [3.63, 3.8) is 0 Å². The first-order valence-corrected chi connectivity index (χ1v) is 7.93. The Labute approximate surface area is 129 Å². The van der Waals surface area contributed by atoms with Crippen LogP contribution in [0.1, 0.15) is 11.1 Å². The number of hydrogen-bond acceptors (Lipinski definition) is 3. The maximum atomic E-state index is 12.6. The molecule has 2 rings (SSSR count). The van der Waals surface area contributed by atoms with Gasteiger partial charge in [-0.15, -0.1) is 0 Å². The molecule has 0 bridgehead atoms. The average molecular weight is 321 g/mol. The van der Waals surface area contributed by atoms with Gasteiger partial charge in [0, 0.05) is 7.05 Å². The Balaban J connectivity index is 2.51. The summed E-state index contributed by atoms with van der Waals surface area (Å²) < 4.78 is 26.4. The average Bonchev–Trinajstić information content (AvgIpc) is 2.47. The number of halogens is 1. The molecule has 2 aromatic rings. The zero-order chi connectivity index (χ0) is 15.6. The minimum Gasteiger partial charge on any atom is -0.269 e. The number of sulfonamides is 1. The van der Waals surface area contributed by atoms with Gasteiger partial charge in [-0.05, 0) is 37.3 Å². The number of nitriles is 1. The van der Waals surface area contributed by atoms with Crippen LogP contribution in [0.3, 0.4) is 0 Å². The Hall–Kier alpha value is -2.03. The van der Waals surface area contributed by atoms with E-state index in [1.165, 1.54) is 25.2 Å². The highest BCUT2D eigenvalue weighted by atomic mass is 35.5. The van der Waals surface area contributed by atoms with Crippen molar-refractivity contribution >= 4 is 27.3 Å². The fourth-order valence-corrected chi connectivity index (χ4v) is 3.51. The number of rotatable bonds is 3. The van der Waals surface area contributed by atoms with Crippen LogP contribution in [0.15, 0.2) is 47.4 Å². The van der Waals surface area contributed by atoms with Crippen LogP contribution in [0.5, 0.6) is 0 Å². The molecule has 0 amide bonds. The van der Waals surface area contributed by atoms with Gasteiger partial charge in [0.2, 0.25) is 0 Å². The van der Waals surface area contributed by atoms with Crippen molar-refractivity contribution in [2.24, 2.45) is 0 Å². The second-order valence-corrected chi connectivity index (χ2v) is 6.91. The summed E-state index contributed by atoms with van der Waals surface area (Å²) in [5.74, 6) is 0. The first kappa shape index (κ1) is 15.4. The molecule has 0 spiro atoms. The molecule has 0 aliphatic heterocycles. The van der Waals surface area contributed by atoms with Crippen molar-refractivity contribution in [3.05, 3.63) is 58.6 Å². The maximum absolute atomic E-state index is 12.6. The van der Waals surface area contributed by atoms with Crippen LogP contribution in [0.2, 0.25) is 5.02 Å². The number of aryl methyl sites for hydroxylation is 1. The number of anilines is 1. The Bertz CT molecular complexity index is 809. The van der Waals surface area contributed by atoms with Crippen molar-refractivity contribution < 1.29 is 8.42 Å².